The Hall–Kier alpha value is -2.42. The third-order valence-electron chi connectivity index (χ3n) is 5.27. The van der Waals surface area contributed by atoms with E-state index in [4.69, 9.17) is 9.52 Å². The van der Waals surface area contributed by atoms with Crippen LogP contribution in [0.1, 0.15) is 22.5 Å². The number of nitrogens with zero attached hydrogens (tertiary/aromatic N) is 2. The van der Waals surface area contributed by atoms with E-state index >= 15 is 0 Å². The molecule has 0 spiro atoms. The Morgan fingerprint density at radius 2 is 1.67 bits per heavy atom. The van der Waals surface area contributed by atoms with Crippen molar-refractivity contribution in [3.63, 3.8) is 0 Å². The molecule has 0 aliphatic heterocycles. The van der Waals surface area contributed by atoms with Crippen LogP contribution in [0.15, 0.2) is 46.9 Å². The molecule has 0 fully saturated rings. The molecular weight excluding hydrogens is 512 g/mol. The first-order chi connectivity index (χ1) is 12.6. The Balaban J connectivity index is 0.00000180. The van der Waals surface area contributed by atoms with E-state index < -0.39 is 0 Å². The van der Waals surface area contributed by atoms with Crippen LogP contribution in [0.5, 0.6) is 0 Å². The molecule has 0 saturated carbocycles. The summed E-state index contributed by atoms with van der Waals surface area (Å²) in [6.45, 7) is 8.43. The minimum Gasteiger partial charge on any atom is -0.460 e. The molecule has 137 valence electrons. The van der Waals surface area contributed by atoms with Crippen LogP contribution in [-0.2, 0) is 20.1 Å². The second kappa shape index (κ2) is 6.33. The van der Waals surface area contributed by atoms with Crippen molar-refractivity contribution in [1.82, 2.24) is 9.61 Å². The zero-order valence-corrected chi connectivity index (χ0v) is 18.1. The number of benzene rings is 2. The summed E-state index contributed by atoms with van der Waals surface area (Å²) in [5, 5.41) is 8.67. The second-order valence-electron chi connectivity index (χ2n) is 7.03. The average molecular weight is 532 g/mol. The summed E-state index contributed by atoms with van der Waals surface area (Å²) in [5.41, 5.74) is 6.70. The monoisotopic (exact) mass is 532 g/mol. The Morgan fingerprint density at radius 3 is 2.37 bits per heavy atom. The van der Waals surface area contributed by atoms with Gasteiger partial charge < -0.3 is 4.42 Å². The van der Waals surface area contributed by atoms with E-state index in [0.29, 0.717) is 0 Å². The summed E-state index contributed by atoms with van der Waals surface area (Å²) in [6, 6.07) is 17.9. The maximum atomic E-state index is 5.87. The molecule has 0 aliphatic carbocycles. The fraction of sp³-hybridized carbons (Fsp3) is 0.174. The van der Waals surface area contributed by atoms with Gasteiger partial charge in [0, 0.05) is 25.7 Å². The van der Waals surface area contributed by atoms with Crippen molar-refractivity contribution in [2.24, 2.45) is 0 Å². The number of pyridine rings is 1. The second-order valence-corrected chi connectivity index (χ2v) is 7.03. The molecule has 5 rings (SSSR count). The van der Waals surface area contributed by atoms with E-state index in [1.165, 1.54) is 27.3 Å². The van der Waals surface area contributed by atoms with Crippen molar-refractivity contribution in [3.05, 3.63) is 71.0 Å². The molecule has 0 N–H and O–H groups in total. The van der Waals surface area contributed by atoms with E-state index in [1.54, 1.807) is 0 Å². The summed E-state index contributed by atoms with van der Waals surface area (Å²) >= 11 is 0. The van der Waals surface area contributed by atoms with Crippen molar-refractivity contribution >= 4 is 27.2 Å². The van der Waals surface area contributed by atoms with Gasteiger partial charge in [0.15, 0.2) is 5.76 Å². The van der Waals surface area contributed by atoms with E-state index in [9.17, 15) is 0 Å². The Labute approximate surface area is 171 Å². The molecule has 3 nitrogen and oxygen atoms in total. The van der Waals surface area contributed by atoms with E-state index in [0.717, 1.165) is 33.8 Å². The number of hydrogen-bond donors (Lipinski definition) is 0. The fourth-order valence-electron chi connectivity index (χ4n) is 4.02. The normalized spacial score (nSPS) is 11.4. The molecule has 0 atom stereocenters. The molecule has 4 heteroatoms. The van der Waals surface area contributed by atoms with Gasteiger partial charge in [-0.15, -0.1) is 5.39 Å². The summed E-state index contributed by atoms with van der Waals surface area (Å²) in [7, 11) is 0. The van der Waals surface area contributed by atoms with E-state index in [-0.39, 0.29) is 20.1 Å². The topological polar surface area (TPSA) is 30.4 Å². The molecule has 0 amide bonds. The van der Waals surface area contributed by atoms with Gasteiger partial charge in [-0.1, -0.05) is 23.1 Å². The minimum absolute atomic E-state index is 0. The van der Waals surface area contributed by atoms with Gasteiger partial charge in [-0.3, -0.25) is 4.52 Å². The van der Waals surface area contributed by atoms with Gasteiger partial charge in [0.05, 0.1) is 5.52 Å². The van der Waals surface area contributed by atoms with Crippen LogP contribution in [0, 0.1) is 33.8 Å². The number of hydrogen-bond acceptors (Lipinski definition) is 2. The van der Waals surface area contributed by atoms with Crippen molar-refractivity contribution < 1.29 is 24.5 Å². The molecule has 1 radical (unpaired) electrons. The van der Waals surface area contributed by atoms with Crippen molar-refractivity contribution in [2.75, 3.05) is 0 Å². The van der Waals surface area contributed by atoms with Gasteiger partial charge in [0.2, 0.25) is 0 Å². The number of aryl methyl sites for hydroxylation is 4. The summed E-state index contributed by atoms with van der Waals surface area (Å²) in [6.07, 6.45) is 0. The predicted octanol–water partition coefficient (Wildman–Crippen LogP) is 5.93. The first kappa shape index (κ1) is 18.0. The van der Waals surface area contributed by atoms with Gasteiger partial charge in [0.25, 0.3) is 0 Å². The number of fused-ring (bicyclic) bond motifs is 6. The zero-order chi connectivity index (χ0) is 18.0. The molecule has 5 aromatic rings. The van der Waals surface area contributed by atoms with Crippen molar-refractivity contribution in [1.29, 1.82) is 0 Å². The maximum absolute atomic E-state index is 5.87. The Kier molecular flexibility index (Phi) is 4.21. The van der Waals surface area contributed by atoms with Crippen LogP contribution in [0.2, 0.25) is 0 Å². The van der Waals surface area contributed by atoms with Gasteiger partial charge in [0.1, 0.15) is 11.5 Å². The average Bonchev–Trinajstić information content (AvgIpc) is 3.21. The number of furan rings is 1. The minimum atomic E-state index is 0. The van der Waals surface area contributed by atoms with Gasteiger partial charge in [-0.05, 0) is 56.3 Å². The van der Waals surface area contributed by atoms with Crippen LogP contribution in [0.25, 0.3) is 38.6 Å². The van der Waals surface area contributed by atoms with Crippen LogP contribution in [0.4, 0.5) is 0 Å². The molecule has 0 saturated heterocycles. The fourth-order valence-corrected chi connectivity index (χ4v) is 4.02. The molecule has 3 aromatic heterocycles. The van der Waals surface area contributed by atoms with Gasteiger partial charge in [-0.2, -0.15) is 29.4 Å². The van der Waals surface area contributed by atoms with Crippen LogP contribution in [0.3, 0.4) is 0 Å². The summed E-state index contributed by atoms with van der Waals surface area (Å²) in [5.74, 6) is 1.70. The van der Waals surface area contributed by atoms with E-state index in [1.807, 2.05) is 35.7 Å². The Bertz CT molecular complexity index is 1330. The van der Waals surface area contributed by atoms with Crippen LogP contribution < -0.4 is 0 Å². The maximum Gasteiger partial charge on any atom is 0.154 e. The molecule has 0 bridgehead atoms. The Morgan fingerprint density at radius 1 is 0.926 bits per heavy atom. The number of aromatic nitrogens is 2. The smallest absolute Gasteiger partial charge is 0.154 e. The standard InChI is InChI=1S/C23H19N2O.Ir/c1-13-9-10-14(2)21-20(13)17-7-5-6-8-18(17)25-23(21)16(4)22(24-25)19-12-11-15(3)26-19;/h5-7,9-12H,1-4H3;/q-1;. The predicted molar refractivity (Wildman–Crippen MR) is 106 cm³/mol. The van der Waals surface area contributed by atoms with Gasteiger partial charge >= 0.3 is 0 Å². The van der Waals surface area contributed by atoms with Crippen LogP contribution >= 0.6 is 0 Å². The first-order valence-electron chi connectivity index (χ1n) is 8.84. The quantitative estimate of drug-likeness (QED) is 0.198. The zero-order valence-electron chi connectivity index (χ0n) is 15.7. The molecular formula is C23H19IrN2O-. The third kappa shape index (κ3) is 2.48. The van der Waals surface area contributed by atoms with E-state index in [2.05, 4.69) is 45.0 Å². The number of rotatable bonds is 1. The first-order valence-corrected chi connectivity index (χ1v) is 8.84. The third-order valence-corrected chi connectivity index (χ3v) is 5.27. The molecule has 0 aliphatic rings. The van der Waals surface area contributed by atoms with Gasteiger partial charge in [-0.25, -0.2) is 0 Å². The molecule has 3 heterocycles. The van der Waals surface area contributed by atoms with Crippen molar-refractivity contribution in [2.45, 2.75) is 27.7 Å². The largest absolute Gasteiger partial charge is 0.460 e. The van der Waals surface area contributed by atoms with Crippen molar-refractivity contribution in [3.8, 4) is 11.5 Å². The summed E-state index contributed by atoms with van der Waals surface area (Å²) in [4.78, 5) is 0. The van der Waals surface area contributed by atoms with Crippen LogP contribution in [-0.4, -0.2) is 9.61 Å². The molecule has 2 aromatic carbocycles. The number of para-hydroxylation sites is 1. The summed E-state index contributed by atoms with van der Waals surface area (Å²) < 4.78 is 7.91. The SMILES string of the molecule is Cc1ccc(-c2nn3c4[c-]cccc4c4c(C)ccc(C)c4c3c2C)o1.[Ir]. The molecule has 0 unspecified atom stereocenters. The molecule has 27 heavy (non-hydrogen) atoms.